The fourth-order valence-electron chi connectivity index (χ4n) is 4.29. The van der Waals surface area contributed by atoms with Gasteiger partial charge in [0.05, 0.1) is 11.2 Å². The predicted octanol–water partition coefficient (Wildman–Crippen LogP) is 5.02. The summed E-state index contributed by atoms with van der Waals surface area (Å²) in [7, 11) is 3.33. The molecule has 0 radical (unpaired) electrons. The fraction of sp³-hybridized carbons (Fsp3) is 0.318. The maximum Gasteiger partial charge on any atom is 0.316 e. The quantitative estimate of drug-likeness (QED) is 0.634. The standard InChI is InChI=1S/C22H22F3N3O/c1-26-22(29)28(2)11-12-7-14(8-12)19-17-9-16(24)10-18(25)21(17)27-20(19)13-3-5-15(23)6-4-13/h3-6,9-10,12,14,27H,7-8,11H2,1-2H3,(H,26,29). The van der Waals surface area contributed by atoms with Crippen molar-refractivity contribution in [3.05, 3.63) is 59.4 Å². The Morgan fingerprint density at radius 1 is 1.14 bits per heavy atom. The van der Waals surface area contributed by atoms with Gasteiger partial charge in [0.15, 0.2) is 0 Å². The first-order valence-corrected chi connectivity index (χ1v) is 9.56. The van der Waals surface area contributed by atoms with E-state index >= 15 is 0 Å². The van der Waals surface area contributed by atoms with Crippen molar-refractivity contribution in [2.45, 2.75) is 18.8 Å². The van der Waals surface area contributed by atoms with Crippen LogP contribution in [0.5, 0.6) is 0 Å². The van der Waals surface area contributed by atoms with Gasteiger partial charge < -0.3 is 15.2 Å². The van der Waals surface area contributed by atoms with Gasteiger partial charge in [0, 0.05) is 32.1 Å². The van der Waals surface area contributed by atoms with Gasteiger partial charge in [-0.3, -0.25) is 0 Å². The number of aromatic amines is 1. The summed E-state index contributed by atoms with van der Waals surface area (Å²) in [5, 5.41) is 3.12. The smallest absolute Gasteiger partial charge is 0.316 e. The molecule has 2 N–H and O–H groups in total. The molecule has 4 rings (SSSR count). The van der Waals surface area contributed by atoms with E-state index in [-0.39, 0.29) is 23.3 Å². The Hall–Kier alpha value is -2.96. The van der Waals surface area contributed by atoms with Crippen LogP contribution in [0.25, 0.3) is 22.2 Å². The number of nitrogens with one attached hydrogen (secondary N) is 2. The number of halogens is 3. The summed E-state index contributed by atoms with van der Waals surface area (Å²) in [5.74, 6) is -1.22. The maximum absolute atomic E-state index is 14.4. The molecule has 1 aromatic heterocycles. The molecule has 1 aliphatic carbocycles. The highest BCUT2D eigenvalue weighted by molar-refractivity contribution is 5.92. The summed E-state index contributed by atoms with van der Waals surface area (Å²) >= 11 is 0. The third-order valence-corrected chi connectivity index (χ3v) is 5.73. The van der Waals surface area contributed by atoms with Gasteiger partial charge in [-0.15, -0.1) is 0 Å². The van der Waals surface area contributed by atoms with Crippen molar-refractivity contribution < 1.29 is 18.0 Å². The number of H-pyrrole nitrogens is 1. The Labute approximate surface area is 166 Å². The molecule has 0 saturated heterocycles. The second kappa shape index (κ2) is 7.46. The summed E-state index contributed by atoms with van der Waals surface area (Å²) in [5.41, 5.74) is 2.52. The highest BCUT2D eigenvalue weighted by atomic mass is 19.1. The predicted molar refractivity (Wildman–Crippen MR) is 106 cm³/mol. The van der Waals surface area contributed by atoms with Crippen molar-refractivity contribution in [3.8, 4) is 11.3 Å². The lowest BCUT2D eigenvalue weighted by Gasteiger charge is -2.38. The third-order valence-electron chi connectivity index (χ3n) is 5.73. The van der Waals surface area contributed by atoms with Crippen LogP contribution in [0.15, 0.2) is 36.4 Å². The van der Waals surface area contributed by atoms with E-state index in [4.69, 9.17) is 0 Å². The maximum atomic E-state index is 14.4. The molecule has 4 nitrogen and oxygen atoms in total. The largest absolute Gasteiger partial charge is 0.352 e. The van der Waals surface area contributed by atoms with Gasteiger partial charge in [0.1, 0.15) is 17.5 Å². The number of rotatable bonds is 4. The molecule has 1 saturated carbocycles. The van der Waals surface area contributed by atoms with E-state index in [1.165, 1.54) is 18.2 Å². The molecule has 7 heteroatoms. The molecule has 0 spiro atoms. The first kappa shape index (κ1) is 19.4. The molecule has 1 aliphatic rings. The van der Waals surface area contributed by atoms with Crippen molar-refractivity contribution in [3.63, 3.8) is 0 Å². The summed E-state index contributed by atoms with van der Waals surface area (Å²) < 4.78 is 41.7. The monoisotopic (exact) mass is 401 g/mol. The van der Waals surface area contributed by atoms with Crippen LogP contribution in [0.3, 0.4) is 0 Å². The molecule has 2 amide bonds. The molecule has 2 aromatic carbocycles. The van der Waals surface area contributed by atoms with Gasteiger partial charge in [-0.25, -0.2) is 18.0 Å². The van der Waals surface area contributed by atoms with E-state index < -0.39 is 11.6 Å². The Morgan fingerprint density at radius 2 is 1.83 bits per heavy atom. The van der Waals surface area contributed by atoms with E-state index in [1.54, 1.807) is 31.1 Å². The van der Waals surface area contributed by atoms with Crippen molar-refractivity contribution in [2.75, 3.05) is 20.6 Å². The van der Waals surface area contributed by atoms with Crippen LogP contribution in [0, 0.1) is 23.4 Å². The molecule has 0 atom stereocenters. The average Bonchev–Trinajstić information content (AvgIpc) is 3.03. The lowest BCUT2D eigenvalue weighted by Crippen LogP contribution is -2.41. The van der Waals surface area contributed by atoms with Crippen LogP contribution < -0.4 is 5.32 Å². The highest BCUT2D eigenvalue weighted by Crippen LogP contribution is 2.48. The van der Waals surface area contributed by atoms with E-state index in [9.17, 15) is 18.0 Å². The topological polar surface area (TPSA) is 48.1 Å². The van der Waals surface area contributed by atoms with Crippen LogP contribution in [-0.2, 0) is 0 Å². The number of carbonyl (C=O) groups excluding carboxylic acids is 1. The summed E-state index contributed by atoms with van der Waals surface area (Å²) in [6, 6.07) is 8.03. The van der Waals surface area contributed by atoms with Crippen LogP contribution in [0.1, 0.15) is 24.3 Å². The highest BCUT2D eigenvalue weighted by Gasteiger charge is 2.35. The molecular formula is C22H22F3N3O. The number of nitrogens with zero attached hydrogens (tertiary/aromatic N) is 1. The van der Waals surface area contributed by atoms with E-state index in [2.05, 4.69) is 10.3 Å². The molecule has 29 heavy (non-hydrogen) atoms. The number of hydrogen-bond donors (Lipinski definition) is 2. The van der Waals surface area contributed by atoms with Crippen LogP contribution in [0.4, 0.5) is 18.0 Å². The minimum Gasteiger partial charge on any atom is -0.352 e. The number of hydrogen-bond acceptors (Lipinski definition) is 1. The number of urea groups is 1. The molecule has 152 valence electrons. The number of aromatic nitrogens is 1. The fourth-order valence-corrected chi connectivity index (χ4v) is 4.29. The molecule has 0 aliphatic heterocycles. The zero-order chi connectivity index (χ0) is 20.7. The molecule has 1 fully saturated rings. The zero-order valence-corrected chi connectivity index (χ0v) is 16.2. The normalized spacial score (nSPS) is 18.5. The minimum absolute atomic E-state index is 0.105. The average molecular weight is 401 g/mol. The lowest BCUT2D eigenvalue weighted by molar-refractivity contribution is 0.173. The van der Waals surface area contributed by atoms with Gasteiger partial charge in [-0.1, -0.05) is 0 Å². The summed E-state index contributed by atoms with van der Waals surface area (Å²) in [4.78, 5) is 16.4. The minimum atomic E-state index is -0.648. The molecule has 3 aromatic rings. The van der Waals surface area contributed by atoms with Gasteiger partial charge in [0.25, 0.3) is 0 Å². The van der Waals surface area contributed by atoms with E-state index in [0.717, 1.165) is 30.0 Å². The first-order chi connectivity index (χ1) is 13.9. The SMILES string of the molecule is CNC(=O)N(C)CC1CC(c2c(-c3ccc(F)cc3)[nH]c3c(F)cc(F)cc23)C1. The van der Waals surface area contributed by atoms with Crippen LogP contribution >= 0.6 is 0 Å². The molecule has 0 unspecified atom stereocenters. The molecular weight excluding hydrogens is 379 g/mol. The van der Waals surface area contributed by atoms with Crippen molar-refractivity contribution >= 4 is 16.9 Å². The van der Waals surface area contributed by atoms with Crippen LogP contribution in [-0.4, -0.2) is 36.6 Å². The van der Waals surface area contributed by atoms with E-state index in [1.807, 2.05) is 0 Å². The van der Waals surface area contributed by atoms with Gasteiger partial charge in [-0.2, -0.15) is 0 Å². The van der Waals surface area contributed by atoms with Crippen molar-refractivity contribution in [1.29, 1.82) is 0 Å². The Balaban J connectivity index is 1.69. The number of amides is 2. The van der Waals surface area contributed by atoms with Crippen LogP contribution in [0.2, 0.25) is 0 Å². The molecule has 1 heterocycles. The summed E-state index contributed by atoms with van der Waals surface area (Å²) in [6.45, 7) is 0.618. The Morgan fingerprint density at radius 3 is 2.48 bits per heavy atom. The van der Waals surface area contributed by atoms with Gasteiger partial charge in [0.2, 0.25) is 0 Å². The number of fused-ring (bicyclic) bond motifs is 1. The summed E-state index contributed by atoms with van der Waals surface area (Å²) in [6.07, 6.45) is 1.61. The second-order valence-corrected chi connectivity index (χ2v) is 7.70. The van der Waals surface area contributed by atoms with Gasteiger partial charge in [-0.05, 0) is 66.1 Å². The van der Waals surface area contributed by atoms with E-state index in [0.29, 0.717) is 23.5 Å². The number of carbonyl (C=O) groups is 1. The van der Waals surface area contributed by atoms with Gasteiger partial charge >= 0.3 is 6.03 Å². The zero-order valence-electron chi connectivity index (χ0n) is 16.2. The number of benzene rings is 2. The Kier molecular flexibility index (Phi) is 4.98. The second-order valence-electron chi connectivity index (χ2n) is 7.70. The molecule has 0 bridgehead atoms. The van der Waals surface area contributed by atoms with Crippen molar-refractivity contribution in [1.82, 2.24) is 15.2 Å². The van der Waals surface area contributed by atoms with Crippen molar-refractivity contribution in [2.24, 2.45) is 5.92 Å². The first-order valence-electron chi connectivity index (χ1n) is 9.56. The third kappa shape index (κ3) is 3.57. The lowest BCUT2D eigenvalue weighted by atomic mass is 9.70. The Bertz CT molecular complexity index is 1060.